The lowest BCUT2D eigenvalue weighted by Crippen LogP contribution is -2.54. The van der Waals surface area contributed by atoms with E-state index >= 15 is 0 Å². The average Bonchev–Trinajstić information content (AvgIpc) is 3.40. The molecule has 1 aromatic carbocycles. The molecule has 0 amide bonds. The van der Waals surface area contributed by atoms with Crippen LogP contribution in [0.1, 0.15) is 67.0 Å². The number of benzene rings is 1. The molecule has 0 bridgehead atoms. The highest BCUT2D eigenvalue weighted by Gasteiger charge is 2.49. The first-order valence-corrected chi connectivity index (χ1v) is 11.5. The first kappa shape index (κ1) is 18.7. The van der Waals surface area contributed by atoms with E-state index in [2.05, 4.69) is 16.0 Å². The van der Waals surface area contributed by atoms with Gasteiger partial charge in [0.15, 0.2) is 9.84 Å². The summed E-state index contributed by atoms with van der Waals surface area (Å²) in [5.74, 6) is 0.387. The molecule has 0 unspecified atom stereocenters. The highest BCUT2D eigenvalue weighted by atomic mass is 32.2. The van der Waals surface area contributed by atoms with Gasteiger partial charge in [0.2, 0.25) is 5.95 Å². The molecule has 0 spiro atoms. The number of pyridine rings is 1. The Morgan fingerprint density at radius 1 is 1.10 bits per heavy atom. The van der Waals surface area contributed by atoms with Crippen LogP contribution in [0.25, 0.3) is 0 Å². The second kappa shape index (κ2) is 5.65. The standard InChI is InChI=1S/C22H24FN3O2S/c1-21(2)20(24)26-22(3,11-29(21,27)28)13-4-5-14-12(8-13)9-18-15(17-10-16(14)17)6-7-19(23)25-18/h4-8,16-17H,9-11H2,1-3H3,(H2,24,26)/t16-,17+,22-/m0/s1. The van der Waals surface area contributed by atoms with Gasteiger partial charge in [0.05, 0.1) is 17.0 Å². The molecule has 0 saturated heterocycles. The number of sulfone groups is 1. The molecule has 5 nitrogen and oxygen atoms in total. The van der Waals surface area contributed by atoms with Crippen LogP contribution in [0.3, 0.4) is 0 Å². The summed E-state index contributed by atoms with van der Waals surface area (Å²) in [4.78, 5) is 8.79. The van der Waals surface area contributed by atoms with Crippen molar-refractivity contribution < 1.29 is 12.8 Å². The van der Waals surface area contributed by atoms with Crippen molar-refractivity contribution in [3.05, 3.63) is 64.2 Å². The predicted octanol–water partition coefficient (Wildman–Crippen LogP) is 3.18. The number of aliphatic imine (C=N–C) groups is 1. The zero-order chi connectivity index (χ0) is 20.8. The molecule has 1 aliphatic heterocycles. The Morgan fingerprint density at radius 2 is 1.79 bits per heavy atom. The quantitative estimate of drug-likeness (QED) is 0.728. The lowest BCUT2D eigenvalue weighted by molar-refractivity contribution is 0.501. The Hall–Kier alpha value is -2.28. The summed E-state index contributed by atoms with van der Waals surface area (Å²) in [5.41, 5.74) is 10.2. The average molecular weight is 414 g/mol. The fraction of sp³-hybridized carbons (Fsp3) is 0.455. The maximum Gasteiger partial charge on any atom is 0.213 e. The normalized spacial score (nSPS) is 31.0. The molecule has 3 aliphatic rings. The third kappa shape index (κ3) is 2.66. The van der Waals surface area contributed by atoms with Crippen LogP contribution in [0, 0.1) is 5.95 Å². The molecule has 2 heterocycles. The highest BCUT2D eigenvalue weighted by Crippen LogP contribution is 2.58. The Labute approximate surface area is 170 Å². The summed E-state index contributed by atoms with van der Waals surface area (Å²) in [6, 6.07) is 9.38. The summed E-state index contributed by atoms with van der Waals surface area (Å²) >= 11 is 0. The van der Waals surface area contributed by atoms with Crippen molar-refractivity contribution in [2.24, 2.45) is 10.7 Å². The maximum absolute atomic E-state index is 13.8. The van der Waals surface area contributed by atoms with E-state index in [0.717, 1.165) is 28.8 Å². The second-order valence-electron chi connectivity index (χ2n) is 9.25. The number of nitrogens with zero attached hydrogens (tertiary/aromatic N) is 2. The Morgan fingerprint density at radius 3 is 2.52 bits per heavy atom. The van der Waals surface area contributed by atoms with E-state index in [-0.39, 0.29) is 11.6 Å². The minimum atomic E-state index is -3.47. The lowest BCUT2D eigenvalue weighted by atomic mass is 9.89. The molecule has 1 fully saturated rings. The van der Waals surface area contributed by atoms with Crippen LogP contribution < -0.4 is 5.73 Å². The number of nitrogens with two attached hydrogens (primary N) is 1. The van der Waals surface area contributed by atoms with E-state index in [1.807, 2.05) is 25.1 Å². The minimum Gasteiger partial charge on any atom is -0.386 e. The number of hydrogen-bond acceptors (Lipinski definition) is 5. The molecular weight excluding hydrogens is 389 g/mol. The lowest BCUT2D eigenvalue weighted by Gasteiger charge is -2.38. The Bertz CT molecular complexity index is 1190. The van der Waals surface area contributed by atoms with Gasteiger partial charge < -0.3 is 5.73 Å². The molecule has 1 saturated carbocycles. The molecule has 2 N–H and O–H groups in total. The first-order chi connectivity index (χ1) is 13.5. The van der Waals surface area contributed by atoms with Crippen molar-refractivity contribution in [1.82, 2.24) is 4.98 Å². The monoisotopic (exact) mass is 413 g/mol. The molecule has 1 aromatic heterocycles. The van der Waals surface area contributed by atoms with E-state index in [4.69, 9.17) is 5.73 Å². The fourth-order valence-corrected chi connectivity index (χ4v) is 6.47. The van der Waals surface area contributed by atoms with E-state index < -0.39 is 26.1 Å². The van der Waals surface area contributed by atoms with Gasteiger partial charge in [-0.1, -0.05) is 24.3 Å². The number of fused-ring (bicyclic) bond motifs is 5. The van der Waals surface area contributed by atoms with Gasteiger partial charge in [-0.25, -0.2) is 13.4 Å². The second-order valence-corrected chi connectivity index (χ2v) is 11.8. The van der Waals surface area contributed by atoms with Crippen molar-refractivity contribution in [2.45, 2.75) is 55.7 Å². The predicted molar refractivity (Wildman–Crippen MR) is 110 cm³/mol. The summed E-state index contributed by atoms with van der Waals surface area (Å²) in [5, 5.41) is 0. The smallest absolute Gasteiger partial charge is 0.213 e. The van der Waals surface area contributed by atoms with Gasteiger partial charge in [0.25, 0.3) is 0 Å². The molecular formula is C22H24FN3O2S. The molecule has 152 valence electrons. The van der Waals surface area contributed by atoms with E-state index in [1.165, 1.54) is 11.6 Å². The van der Waals surface area contributed by atoms with Crippen LogP contribution in [0.15, 0.2) is 35.3 Å². The minimum absolute atomic E-state index is 0.0952. The van der Waals surface area contributed by atoms with E-state index in [9.17, 15) is 12.8 Å². The first-order valence-electron chi connectivity index (χ1n) is 9.88. The van der Waals surface area contributed by atoms with Crippen LogP contribution >= 0.6 is 0 Å². The molecule has 3 atom stereocenters. The third-order valence-corrected chi connectivity index (χ3v) is 9.63. The highest BCUT2D eigenvalue weighted by molar-refractivity contribution is 7.93. The van der Waals surface area contributed by atoms with Crippen LogP contribution in [0.4, 0.5) is 4.39 Å². The third-order valence-electron chi connectivity index (χ3n) is 6.92. The SMILES string of the molecule is CC1(C)C(N)=N[C@](C)(c2ccc3c(c2)Cc2nc(F)ccc2[C@H]2C[C@@H]32)CS1(=O)=O. The molecule has 2 aromatic rings. The van der Waals surface area contributed by atoms with Gasteiger partial charge in [0.1, 0.15) is 10.6 Å². The van der Waals surface area contributed by atoms with Gasteiger partial charge in [0, 0.05) is 6.42 Å². The van der Waals surface area contributed by atoms with Crippen molar-refractivity contribution >= 4 is 15.7 Å². The van der Waals surface area contributed by atoms with Crippen LogP contribution in [-0.2, 0) is 21.8 Å². The zero-order valence-electron chi connectivity index (χ0n) is 16.7. The van der Waals surface area contributed by atoms with Crippen molar-refractivity contribution in [1.29, 1.82) is 0 Å². The maximum atomic E-state index is 13.8. The summed E-state index contributed by atoms with van der Waals surface area (Å²) in [7, 11) is -3.47. The van der Waals surface area contributed by atoms with Crippen LogP contribution in [0.5, 0.6) is 0 Å². The Balaban J connectivity index is 1.62. The van der Waals surface area contributed by atoms with Gasteiger partial charge in [-0.3, -0.25) is 4.99 Å². The molecule has 5 rings (SSSR count). The fourth-order valence-electron chi connectivity index (χ4n) is 4.77. The number of hydrogen-bond donors (Lipinski definition) is 1. The van der Waals surface area contributed by atoms with Gasteiger partial charge in [-0.15, -0.1) is 0 Å². The van der Waals surface area contributed by atoms with Crippen LogP contribution in [-0.4, -0.2) is 29.7 Å². The number of rotatable bonds is 1. The number of halogens is 1. The van der Waals surface area contributed by atoms with Crippen LogP contribution in [0.2, 0.25) is 0 Å². The molecule has 29 heavy (non-hydrogen) atoms. The van der Waals surface area contributed by atoms with Gasteiger partial charge in [-0.05, 0) is 67.3 Å². The molecule has 2 aliphatic carbocycles. The van der Waals surface area contributed by atoms with Crippen molar-refractivity contribution in [3.8, 4) is 0 Å². The summed E-state index contributed by atoms with van der Waals surface area (Å²) in [6.07, 6.45) is 1.58. The number of amidine groups is 1. The molecule has 0 radical (unpaired) electrons. The van der Waals surface area contributed by atoms with Gasteiger partial charge in [-0.2, -0.15) is 4.39 Å². The molecule has 7 heteroatoms. The van der Waals surface area contributed by atoms with Gasteiger partial charge >= 0.3 is 0 Å². The largest absolute Gasteiger partial charge is 0.386 e. The number of aromatic nitrogens is 1. The van der Waals surface area contributed by atoms with E-state index in [0.29, 0.717) is 18.3 Å². The topological polar surface area (TPSA) is 85.4 Å². The van der Waals surface area contributed by atoms with E-state index in [1.54, 1.807) is 13.8 Å². The van der Waals surface area contributed by atoms with Crippen molar-refractivity contribution in [3.63, 3.8) is 0 Å². The Kier molecular flexibility index (Phi) is 3.65. The summed E-state index contributed by atoms with van der Waals surface area (Å²) < 4.78 is 38.4. The van der Waals surface area contributed by atoms with Crippen molar-refractivity contribution in [2.75, 3.05) is 5.75 Å². The summed E-state index contributed by atoms with van der Waals surface area (Å²) in [6.45, 7) is 5.02. The zero-order valence-corrected chi connectivity index (χ0v) is 17.6.